The molecule has 30 heavy (non-hydrogen) atoms. The number of fused-ring (bicyclic) bond motifs is 1. The lowest BCUT2D eigenvalue weighted by molar-refractivity contribution is 0.414. The second kappa shape index (κ2) is 8.33. The zero-order valence-corrected chi connectivity index (χ0v) is 17.7. The van der Waals surface area contributed by atoms with E-state index in [-0.39, 0.29) is 11.4 Å². The van der Waals surface area contributed by atoms with Crippen LogP contribution in [0.25, 0.3) is 6.08 Å². The van der Waals surface area contributed by atoms with Crippen molar-refractivity contribution < 1.29 is 13.2 Å². The normalized spacial score (nSPS) is 13.1. The van der Waals surface area contributed by atoms with Gasteiger partial charge in [-0.05, 0) is 47.0 Å². The van der Waals surface area contributed by atoms with Crippen LogP contribution in [-0.2, 0) is 23.1 Å². The van der Waals surface area contributed by atoms with Crippen molar-refractivity contribution in [3.05, 3.63) is 83.9 Å². The average Bonchev–Trinajstić information content (AvgIpc) is 2.78. The summed E-state index contributed by atoms with van der Waals surface area (Å²) in [6.45, 7) is 0.626. The highest BCUT2D eigenvalue weighted by molar-refractivity contribution is 7.92. The minimum atomic E-state index is -3.88. The molecule has 7 nitrogen and oxygen atoms in total. The molecule has 0 atom stereocenters. The first-order valence-corrected chi connectivity index (χ1v) is 10.9. The van der Waals surface area contributed by atoms with Crippen LogP contribution in [0.15, 0.2) is 72.2 Å². The van der Waals surface area contributed by atoms with E-state index in [4.69, 9.17) is 16.5 Å². The highest BCUT2D eigenvalue weighted by Gasteiger charge is 2.27. The van der Waals surface area contributed by atoms with Gasteiger partial charge in [0.1, 0.15) is 17.9 Å². The quantitative estimate of drug-likeness (QED) is 0.540. The minimum absolute atomic E-state index is 0.117. The molecule has 1 aromatic heterocycles. The van der Waals surface area contributed by atoms with E-state index in [0.29, 0.717) is 18.1 Å². The third-order valence-electron chi connectivity index (χ3n) is 4.75. The van der Waals surface area contributed by atoms with Crippen molar-refractivity contribution in [1.29, 1.82) is 0 Å². The first-order valence-electron chi connectivity index (χ1n) is 9.12. The highest BCUT2D eigenvalue weighted by atomic mass is 35.5. The van der Waals surface area contributed by atoms with Crippen molar-refractivity contribution in [1.82, 2.24) is 14.4 Å². The number of hydrogen-bond donors (Lipinski definition) is 0. The zero-order valence-electron chi connectivity index (χ0n) is 16.1. The van der Waals surface area contributed by atoms with E-state index in [0.717, 1.165) is 16.7 Å². The van der Waals surface area contributed by atoms with Crippen LogP contribution in [0.3, 0.4) is 0 Å². The standard InChI is InChI=1S/C21H19ClN4O3S/c1-29-19-5-2-16(3-6-19)13-26(21-8-10-23-15-24-21)30(27,28)20-7-4-18-14-25(22)11-9-17(18)12-20/h2-12,15H,13-14H2,1H3. The summed E-state index contributed by atoms with van der Waals surface area (Å²) in [6, 6.07) is 13.9. The minimum Gasteiger partial charge on any atom is -0.497 e. The summed E-state index contributed by atoms with van der Waals surface area (Å²) >= 11 is 6.01. The second-order valence-corrected chi connectivity index (χ2v) is 8.96. The van der Waals surface area contributed by atoms with Crippen LogP contribution >= 0.6 is 11.8 Å². The molecule has 0 spiro atoms. The largest absolute Gasteiger partial charge is 0.497 e. The van der Waals surface area contributed by atoms with Crippen molar-refractivity contribution in [2.45, 2.75) is 18.0 Å². The van der Waals surface area contributed by atoms with Crippen LogP contribution in [0.5, 0.6) is 5.75 Å². The third-order valence-corrected chi connectivity index (χ3v) is 6.73. The molecule has 2 aromatic carbocycles. The van der Waals surface area contributed by atoms with Crippen LogP contribution in [0.4, 0.5) is 5.82 Å². The predicted octanol–water partition coefficient (Wildman–Crippen LogP) is 3.82. The zero-order chi connectivity index (χ0) is 21.1. The Kier molecular flexibility index (Phi) is 5.61. The van der Waals surface area contributed by atoms with Gasteiger partial charge >= 0.3 is 0 Å². The van der Waals surface area contributed by atoms with Crippen molar-refractivity contribution >= 4 is 33.7 Å². The smallest absolute Gasteiger partial charge is 0.265 e. The Morgan fingerprint density at radius 1 is 1.17 bits per heavy atom. The van der Waals surface area contributed by atoms with Crippen LogP contribution in [0, 0.1) is 0 Å². The number of ether oxygens (including phenoxy) is 1. The maximum absolute atomic E-state index is 13.6. The van der Waals surface area contributed by atoms with E-state index in [9.17, 15) is 8.42 Å². The van der Waals surface area contributed by atoms with E-state index in [1.807, 2.05) is 12.1 Å². The lowest BCUT2D eigenvalue weighted by atomic mass is 10.1. The van der Waals surface area contributed by atoms with E-state index >= 15 is 0 Å². The molecule has 0 N–H and O–H groups in total. The summed E-state index contributed by atoms with van der Waals surface area (Å²) in [5.74, 6) is 0.992. The van der Waals surface area contributed by atoms with Crippen molar-refractivity contribution in [3.8, 4) is 5.75 Å². The molecule has 0 aliphatic carbocycles. The molecule has 0 bridgehead atoms. The topological polar surface area (TPSA) is 75.6 Å². The number of sulfonamides is 1. The second-order valence-electron chi connectivity index (χ2n) is 6.66. The van der Waals surface area contributed by atoms with Gasteiger partial charge in [0, 0.05) is 30.2 Å². The van der Waals surface area contributed by atoms with E-state index < -0.39 is 10.0 Å². The predicted molar refractivity (Wildman–Crippen MR) is 115 cm³/mol. The van der Waals surface area contributed by atoms with Gasteiger partial charge in [0.15, 0.2) is 0 Å². The number of aromatic nitrogens is 2. The summed E-state index contributed by atoms with van der Waals surface area (Å²) in [7, 11) is -2.30. The molecule has 1 aliphatic rings. The Labute approximate surface area is 180 Å². The fraction of sp³-hybridized carbons (Fsp3) is 0.143. The summed E-state index contributed by atoms with van der Waals surface area (Å²) < 4.78 is 35.2. The molecular weight excluding hydrogens is 424 g/mol. The average molecular weight is 443 g/mol. The van der Waals surface area contributed by atoms with Crippen LogP contribution < -0.4 is 9.04 Å². The Morgan fingerprint density at radius 2 is 1.97 bits per heavy atom. The number of benzene rings is 2. The lowest BCUT2D eigenvalue weighted by Crippen LogP contribution is -2.31. The van der Waals surface area contributed by atoms with Crippen LogP contribution in [0.2, 0.25) is 0 Å². The fourth-order valence-electron chi connectivity index (χ4n) is 3.15. The molecule has 0 fully saturated rings. The molecule has 9 heteroatoms. The molecule has 2 heterocycles. The van der Waals surface area contributed by atoms with Gasteiger partial charge < -0.3 is 4.74 Å². The summed E-state index contributed by atoms with van der Waals surface area (Å²) in [6.07, 6.45) is 6.35. The van der Waals surface area contributed by atoms with Gasteiger partial charge in [-0.2, -0.15) is 0 Å². The van der Waals surface area contributed by atoms with Gasteiger partial charge in [0.2, 0.25) is 0 Å². The molecule has 4 rings (SSSR count). The van der Waals surface area contributed by atoms with Crippen molar-refractivity contribution in [3.63, 3.8) is 0 Å². The highest BCUT2D eigenvalue weighted by Crippen LogP contribution is 2.28. The van der Waals surface area contributed by atoms with Crippen LogP contribution in [0.1, 0.15) is 16.7 Å². The fourth-order valence-corrected chi connectivity index (χ4v) is 4.78. The third kappa shape index (κ3) is 4.10. The van der Waals surface area contributed by atoms with Crippen LogP contribution in [-0.4, -0.2) is 29.9 Å². The Morgan fingerprint density at radius 3 is 2.67 bits per heavy atom. The maximum atomic E-state index is 13.6. The molecule has 0 amide bonds. The number of hydrogen-bond acceptors (Lipinski definition) is 6. The first-order chi connectivity index (χ1) is 14.5. The first kappa shape index (κ1) is 20.2. The summed E-state index contributed by atoms with van der Waals surface area (Å²) in [4.78, 5) is 8.25. The number of halogens is 1. The maximum Gasteiger partial charge on any atom is 0.265 e. The number of methoxy groups -OCH3 is 1. The monoisotopic (exact) mass is 442 g/mol. The number of anilines is 1. The molecule has 0 saturated carbocycles. The molecular formula is C21H19ClN4O3S. The van der Waals surface area contributed by atoms with Crippen molar-refractivity contribution in [2.75, 3.05) is 11.4 Å². The lowest BCUT2D eigenvalue weighted by Gasteiger charge is -2.25. The number of nitrogens with zero attached hydrogens (tertiary/aromatic N) is 4. The van der Waals surface area contributed by atoms with Gasteiger partial charge in [-0.1, -0.05) is 18.2 Å². The summed E-state index contributed by atoms with van der Waals surface area (Å²) in [5.41, 5.74) is 2.57. The van der Waals surface area contributed by atoms with Gasteiger partial charge in [0.05, 0.1) is 25.1 Å². The van der Waals surface area contributed by atoms with E-state index in [1.54, 1.807) is 55.8 Å². The SMILES string of the molecule is COc1ccc(CN(c2ccncn2)S(=O)(=O)c2ccc3c(c2)C=CN(Cl)C3)cc1. The summed E-state index contributed by atoms with van der Waals surface area (Å²) in [5, 5.41) is 0. The van der Waals surface area contributed by atoms with Gasteiger partial charge in [-0.15, -0.1) is 0 Å². The molecule has 1 aliphatic heterocycles. The molecule has 0 unspecified atom stereocenters. The van der Waals surface area contributed by atoms with E-state index in [2.05, 4.69) is 9.97 Å². The number of rotatable bonds is 6. The van der Waals surface area contributed by atoms with E-state index in [1.165, 1.54) is 21.2 Å². The molecule has 3 aromatic rings. The Hall–Kier alpha value is -3.10. The molecule has 0 saturated heterocycles. The van der Waals surface area contributed by atoms with Crippen molar-refractivity contribution in [2.24, 2.45) is 0 Å². The Balaban J connectivity index is 1.73. The Bertz CT molecular complexity index is 1170. The van der Waals surface area contributed by atoms with Gasteiger partial charge in [-0.3, -0.25) is 4.42 Å². The molecule has 154 valence electrons. The van der Waals surface area contributed by atoms with Gasteiger partial charge in [-0.25, -0.2) is 22.7 Å². The molecule has 0 radical (unpaired) electrons. The van der Waals surface area contributed by atoms with Gasteiger partial charge in [0.25, 0.3) is 10.0 Å².